The number of aromatic amines is 1. The van der Waals surface area contributed by atoms with Crippen LogP contribution in [-0.2, 0) is 6.54 Å². The van der Waals surface area contributed by atoms with Gasteiger partial charge in [0, 0.05) is 24.3 Å². The smallest absolute Gasteiger partial charge is 0.263 e. The number of benzene rings is 1. The Bertz CT molecular complexity index is 1230. The van der Waals surface area contributed by atoms with E-state index in [0.29, 0.717) is 22.0 Å². The SMILES string of the molecule is Cc1ccn(C2CCNCC2)c(=O)c1C(=O)NCc1cc2ccc(F)cc2[nH]c1=O. The molecule has 3 aromatic rings. The van der Waals surface area contributed by atoms with Crippen LogP contribution >= 0.6 is 0 Å². The third kappa shape index (κ3) is 3.91. The van der Waals surface area contributed by atoms with Crippen molar-refractivity contribution in [1.82, 2.24) is 20.2 Å². The van der Waals surface area contributed by atoms with Crippen molar-refractivity contribution in [2.24, 2.45) is 0 Å². The van der Waals surface area contributed by atoms with Gasteiger partial charge in [0.2, 0.25) is 0 Å². The summed E-state index contributed by atoms with van der Waals surface area (Å²) in [6, 6.07) is 7.56. The van der Waals surface area contributed by atoms with Gasteiger partial charge in [0.05, 0.1) is 5.52 Å². The molecule has 0 spiro atoms. The number of nitrogens with zero attached hydrogens (tertiary/aromatic N) is 1. The summed E-state index contributed by atoms with van der Waals surface area (Å²) >= 11 is 0. The quantitative estimate of drug-likeness (QED) is 0.613. The van der Waals surface area contributed by atoms with Crippen molar-refractivity contribution in [2.75, 3.05) is 13.1 Å². The standard InChI is InChI=1S/C22H23FN4O3/c1-13-6-9-27(17-4-7-24-8-5-17)22(30)19(13)21(29)25-12-15-10-14-2-3-16(23)11-18(14)26-20(15)28/h2-3,6,9-11,17,24H,4-5,7-8,12H2,1H3,(H,25,29)(H,26,28). The number of pyridine rings is 2. The Balaban J connectivity index is 1.58. The van der Waals surface area contributed by atoms with Crippen LogP contribution in [0.3, 0.4) is 0 Å². The highest BCUT2D eigenvalue weighted by atomic mass is 19.1. The average Bonchev–Trinajstić information content (AvgIpc) is 2.73. The number of piperidine rings is 1. The monoisotopic (exact) mass is 410 g/mol. The molecule has 7 nitrogen and oxygen atoms in total. The normalized spacial score (nSPS) is 14.7. The van der Waals surface area contributed by atoms with Gasteiger partial charge in [-0.25, -0.2) is 4.39 Å². The van der Waals surface area contributed by atoms with E-state index in [0.717, 1.165) is 25.9 Å². The molecule has 0 radical (unpaired) electrons. The molecule has 0 saturated carbocycles. The number of carbonyl (C=O) groups excluding carboxylic acids is 1. The third-order valence-corrected chi connectivity index (χ3v) is 5.58. The number of aryl methyl sites for hydroxylation is 1. The van der Waals surface area contributed by atoms with E-state index in [1.54, 1.807) is 35.9 Å². The zero-order chi connectivity index (χ0) is 21.3. The number of halogens is 1. The summed E-state index contributed by atoms with van der Waals surface area (Å²) in [5.41, 5.74) is 0.669. The van der Waals surface area contributed by atoms with Gasteiger partial charge in [0.1, 0.15) is 11.4 Å². The Morgan fingerprint density at radius 3 is 2.73 bits per heavy atom. The highest BCUT2D eigenvalue weighted by Gasteiger charge is 2.21. The lowest BCUT2D eigenvalue weighted by Gasteiger charge is -2.25. The molecule has 1 fully saturated rings. The molecule has 1 aliphatic heterocycles. The van der Waals surface area contributed by atoms with Crippen LogP contribution in [0.1, 0.15) is 40.4 Å². The molecule has 2 aromatic heterocycles. The fraction of sp³-hybridized carbons (Fsp3) is 0.318. The molecule has 1 saturated heterocycles. The number of aromatic nitrogens is 2. The van der Waals surface area contributed by atoms with Crippen molar-refractivity contribution in [3.8, 4) is 0 Å². The molecule has 0 bridgehead atoms. The van der Waals surface area contributed by atoms with Crippen molar-refractivity contribution < 1.29 is 9.18 Å². The Morgan fingerprint density at radius 1 is 1.20 bits per heavy atom. The fourth-order valence-corrected chi connectivity index (χ4v) is 3.90. The van der Waals surface area contributed by atoms with E-state index >= 15 is 0 Å². The predicted molar refractivity (Wildman–Crippen MR) is 112 cm³/mol. The average molecular weight is 410 g/mol. The van der Waals surface area contributed by atoms with E-state index < -0.39 is 17.3 Å². The van der Waals surface area contributed by atoms with Gasteiger partial charge < -0.3 is 20.2 Å². The maximum Gasteiger partial charge on any atom is 0.263 e. The Labute approximate surface area is 171 Å². The van der Waals surface area contributed by atoms with Gasteiger partial charge in [0.15, 0.2) is 0 Å². The molecule has 3 heterocycles. The second-order valence-electron chi connectivity index (χ2n) is 7.61. The maximum atomic E-state index is 13.3. The van der Waals surface area contributed by atoms with Crippen molar-refractivity contribution in [3.05, 3.63) is 79.7 Å². The van der Waals surface area contributed by atoms with Gasteiger partial charge in [0.25, 0.3) is 17.0 Å². The lowest BCUT2D eigenvalue weighted by Crippen LogP contribution is -2.38. The van der Waals surface area contributed by atoms with Crippen LogP contribution in [0.2, 0.25) is 0 Å². The molecule has 4 rings (SSSR count). The van der Waals surface area contributed by atoms with Gasteiger partial charge >= 0.3 is 0 Å². The molecule has 0 aliphatic carbocycles. The van der Waals surface area contributed by atoms with Crippen molar-refractivity contribution in [3.63, 3.8) is 0 Å². The topological polar surface area (TPSA) is 96.0 Å². The zero-order valence-electron chi connectivity index (χ0n) is 16.6. The van der Waals surface area contributed by atoms with Crippen LogP contribution in [0, 0.1) is 12.7 Å². The largest absolute Gasteiger partial charge is 0.348 e. The van der Waals surface area contributed by atoms with Crippen molar-refractivity contribution >= 4 is 16.8 Å². The second-order valence-corrected chi connectivity index (χ2v) is 7.61. The molecule has 8 heteroatoms. The number of H-pyrrole nitrogens is 1. The van der Waals surface area contributed by atoms with Crippen LogP contribution < -0.4 is 21.8 Å². The van der Waals surface area contributed by atoms with E-state index in [1.807, 2.05) is 0 Å². The zero-order valence-corrected chi connectivity index (χ0v) is 16.6. The molecule has 30 heavy (non-hydrogen) atoms. The van der Waals surface area contributed by atoms with E-state index in [4.69, 9.17) is 0 Å². The van der Waals surface area contributed by atoms with Gasteiger partial charge in [-0.3, -0.25) is 14.4 Å². The summed E-state index contributed by atoms with van der Waals surface area (Å²) in [5.74, 6) is -0.955. The number of hydrogen-bond donors (Lipinski definition) is 3. The fourth-order valence-electron chi connectivity index (χ4n) is 3.90. The van der Waals surface area contributed by atoms with Crippen LogP contribution in [0.15, 0.2) is 46.1 Å². The van der Waals surface area contributed by atoms with Gasteiger partial charge in [-0.15, -0.1) is 0 Å². The Kier molecular flexibility index (Phi) is 5.50. The first-order chi connectivity index (χ1) is 14.4. The van der Waals surface area contributed by atoms with E-state index in [2.05, 4.69) is 15.6 Å². The van der Waals surface area contributed by atoms with Gasteiger partial charge in [-0.1, -0.05) is 0 Å². The molecule has 0 atom stereocenters. The summed E-state index contributed by atoms with van der Waals surface area (Å²) in [4.78, 5) is 40.7. The summed E-state index contributed by atoms with van der Waals surface area (Å²) < 4.78 is 15.0. The lowest BCUT2D eigenvalue weighted by molar-refractivity contribution is 0.0947. The summed E-state index contributed by atoms with van der Waals surface area (Å²) in [7, 11) is 0. The van der Waals surface area contributed by atoms with Crippen LogP contribution in [0.5, 0.6) is 0 Å². The summed E-state index contributed by atoms with van der Waals surface area (Å²) in [5, 5.41) is 6.61. The number of carbonyl (C=O) groups is 1. The number of amides is 1. The molecule has 156 valence electrons. The predicted octanol–water partition coefficient (Wildman–Crippen LogP) is 1.99. The second kappa shape index (κ2) is 8.23. The first-order valence-electron chi connectivity index (χ1n) is 9.96. The highest BCUT2D eigenvalue weighted by Crippen LogP contribution is 2.17. The minimum atomic E-state index is -0.514. The van der Waals surface area contributed by atoms with E-state index in [-0.39, 0.29) is 23.7 Å². The van der Waals surface area contributed by atoms with Gasteiger partial charge in [-0.05, 0) is 74.1 Å². The Hall–Kier alpha value is -3.26. The van der Waals surface area contributed by atoms with Crippen molar-refractivity contribution in [1.29, 1.82) is 0 Å². The number of nitrogens with one attached hydrogen (secondary N) is 3. The number of hydrogen-bond acceptors (Lipinski definition) is 4. The lowest BCUT2D eigenvalue weighted by atomic mass is 10.0. The molecule has 1 aliphatic rings. The Morgan fingerprint density at radius 2 is 1.97 bits per heavy atom. The highest BCUT2D eigenvalue weighted by molar-refractivity contribution is 5.95. The number of rotatable bonds is 4. The molecular weight excluding hydrogens is 387 g/mol. The molecule has 3 N–H and O–H groups in total. The van der Waals surface area contributed by atoms with Gasteiger partial charge in [-0.2, -0.15) is 0 Å². The minimum Gasteiger partial charge on any atom is -0.348 e. The minimum absolute atomic E-state index is 0.0391. The molecule has 1 amide bonds. The summed E-state index contributed by atoms with van der Waals surface area (Å²) in [6.45, 7) is 3.35. The summed E-state index contributed by atoms with van der Waals surface area (Å²) in [6.07, 6.45) is 3.41. The van der Waals surface area contributed by atoms with Crippen LogP contribution in [0.4, 0.5) is 4.39 Å². The molecule has 0 unspecified atom stereocenters. The van der Waals surface area contributed by atoms with Crippen LogP contribution in [0.25, 0.3) is 10.9 Å². The van der Waals surface area contributed by atoms with E-state index in [1.165, 1.54) is 12.1 Å². The molecule has 1 aromatic carbocycles. The third-order valence-electron chi connectivity index (χ3n) is 5.58. The van der Waals surface area contributed by atoms with Crippen molar-refractivity contribution in [2.45, 2.75) is 32.4 Å². The first-order valence-corrected chi connectivity index (χ1v) is 9.96. The molecular formula is C22H23FN4O3. The maximum absolute atomic E-state index is 13.3. The van der Waals surface area contributed by atoms with E-state index in [9.17, 15) is 18.8 Å². The van der Waals surface area contributed by atoms with Crippen LogP contribution in [-0.4, -0.2) is 28.5 Å². The first kappa shape index (κ1) is 20.0. The number of fused-ring (bicyclic) bond motifs is 1.